The van der Waals surface area contributed by atoms with Gasteiger partial charge in [0, 0.05) is 12.6 Å². The number of hydrogen-bond donors (Lipinski definition) is 1. The summed E-state index contributed by atoms with van der Waals surface area (Å²) in [5, 5.41) is 0. The van der Waals surface area contributed by atoms with Crippen LogP contribution in [-0.2, 0) is 16.2 Å². The molecule has 1 unspecified atom stereocenters. The molecular formula is C18H21F3N2O3S. The van der Waals surface area contributed by atoms with Gasteiger partial charge in [0.2, 0.25) is 10.0 Å². The zero-order chi connectivity index (χ0) is 20.2. The molecule has 0 bridgehead atoms. The second kappa shape index (κ2) is 8.28. The monoisotopic (exact) mass is 402 g/mol. The summed E-state index contributed by atoms with van der Waals surface area (Å²) in [6.07, 6.45) is -4.76. The third-order valence-electron chi connectivity index (χ3n) is 4.05. The van der Waals surface area contributed by atoms with E-state index in [9.17, 15) is 21.6 Å². The van der Waals surface area contributed by atoms with E-state index >= 15 is 0 Å². The number of halogens is 3. The normalized spacial score (nSPS) is 13.6. The quantitative estimate of drug-likeness (QED) is 0.772. The van der Waals surface area contributed by atoms with E-state index in [0.29, 0.717) is 5.75 Å². The van der Waals surface area contributed by atoms with Gasteiger partial charge in [-0.2, -0.15) is 13.2 Å². The van der Waals surface area contributed by atoms with Crippen LogP contribution < -0.4 is 9.46 Å². The molecule has 0 aliphatic carbocycles. The molecule has 0 radical (unpaired) electrons. The molecule has 0 amide bonds. The van der Waals surface area contributed by atoms with Gasteiger partial charge < -0.3 is 9.64 Å². The standard InChI is InChI=1S/C18H21F3N2O3S/c1-23(2)16(13-7-6-8-14(11-13)26-3)12-22-27(24,25)17-10-5-4-9-15(17)18(19,20)21/h4-11,16,22H,12H2,1-3H3. The molecule has 27 heavy (non-hydrogen) atoms. The lowest BCUT2D eigenvalue weighted by Crippen LogP contribution is -2.35. The van der Waals surface area contributed by atoms with E-state index in [2.05, 4.69) is 4.72 Å². The Hall–Kier alpha value is -2.10. The van der Waals surface area contributed by atoms with Crippen LogP contribution in [0, 0.1) is 0 Å². The topological polar surface area (TPSA) is 58.6 Å². The number of rotatable bonds is 7. The SMILES string of the molecule is COc1cccc(C(CNS(=O)(=O)c2ccccc2C(F)(F)F)N(C)C)c1. The van der Waals surface area contributed by atoms with Crippen LogP contribution in [0.3, 0.4) is 0 Å². The lowest BCUT2D eigenvalue weighted by atomic mass is 10.1. The van der Waals surface area contributed by atoms with Crippen LogP contribution in [-0.4, -0.2) is 41.1 Å². The number of sulfonamides is 1. The molecule has 0 aliphatic heterocycles. The highest BCUT2D eigenvalue weighted by atomic mass is 32.2. The highest BCUT2D eigenvalue weighted by Crippen LogP contribution is 2.34. The summed E-state index contributed by atoms with van der Waals surface area (Å²) >= 11 is 0. The molecule has 0 saturated carbocycles. The van der Waals surface area contributed by atoms with E-state index in [0.717, 1.165) is 23.8 Å². The Morgan fingerprint density at radius 2 is 1.78 bits per heavy atom. The summed E-state index contributed by atoms with van der Waals surface area (Å²) in [7, 11) is 0.664. The van der Waals surface area contributed by atoms with Gasteiger partial charge in [0.25, 0.3) is 0 Å². The van der Waals surface area contributed by atoms with E-state index in [1.807, 2.05) is 0 Å². The summed E-state index contributed by atoms with van der Waals surface area (Å²) in [6.45, 7) is -0.102. The van der Waals surface area contributed by atoms with Gasteiger partial charge in [0.15, 0.2) is 0 Å². The van der Waals surface area contributed by atoms with Crippen molar-refractivity contribution in [1.82, 2.24) is 9.62 Å². The smallest absolute Gasteiger partial charge is 0.417 e. The van der Waals surface area contributed by atoms with Gasteiger partial charge in [0.05, 0.1) is 17.6 Å². The Balaban J connectivity index is 2.30. The molecule has 0 spiro atoms. The summed E-state index contributed by atoms with van der Waals surface area (Å²) in [4.78, 5) is 0.980. The van der Waals surface area contributed by atoms with Crippen molar-refractivity contribution in [1.29, 1.82) is 0 Å². The van der Waals surface area contributed by atoms with Crippen molar-refractivity contribution in [3.05, 3.63) is 59.7 Å². The summed E-state index contributed by atoms with van der Waals surface area (Å²) in [5.74, 6) is 0.602. The second-order valence-corrected chi connectivity index (χ2v) is 7.84. The molecule has 5 nitrogen and oxygen atoms in total. The van der Waals surface area contributed by atoms with Gasteiger partial charge in [-0.15, -0.1) is 0 Å². The third kappa shape index (κ3) is 5.21. The molecule has 9 heteroatoms. The number of hydrogen-bond acceptors (Lipinski definition) is 4. The van der Waals surface area contributed by atoms with Crippen molar-refractivity contribution in [2.24, 2.45) is 0 Å². The Kier molecular flexibility index (Phi) is 6.50. The van der Waals surface area contributed by atoms with Crippen molar-refractivity contribution in [2.45, 2.75) is 17.1 Å². The Morgan fingerprint density at radius 3 is 2.37 bits per heavy atom. The van der Waals surface area contributed by atoms with Crippen molar-refractivity contribution >= 4 is 10.0 Å². The molecule has 1 N–H and O–H groups in total. The van der Waals surface area contributed by atoms with Crippen LogP contribution in [0.2, 0.25) is 0 Å². The molecular weight excluding hydrogens is 381 g/mol. The fourth-order valence-corrected chi connectivity index (χ4v) is 3.91. The van der Waals surface area contributed by atoms with Crippen molar-refractivity contribution in [2.75, 3.05) is 27.7 Å². The number of alkyl halides is 3. The molecule has 148 valence electrons. The zero-order valence-corrected chi connectivity index (χ0v) is 15.9. The largest absolute Gasteiger partial charge is 0.497 e. The number of nitrogens with one attached hydrogen (secondary N) is 1. The second-order valence-electron chi connectivity index (χ2n) is 6.10. The zero-order valence-electron chi connectivity index (χ0n) is 15.1. The van der Waals surface area contributed by atoms with Gasteiger partial charge >= 0.3 is 6.18 Å². The van der Waals surface area contributed by atoms with Crippen LogP contribution >= 0.6 is 0 Å². The number of benzene rings is 2. The first-order chi connectivity index (χ1) is 12.6. The van der Waals surface area contributed by atoms with E-state index in [-0.39, 0.29) is 6.54 Å². The maximum atomic E-state index is 13.1. The lowest BCUT2D eigenvalue weighted by molar-refractivity contribution is -0.139. The highest BCUT2D eigenvalue weighted by Gasteiger charge is 2.37. The Bertz CT molecular complexity index is 883. The number of ether oxygens (including phenoxy) is 1. The van der Waals surface area contributed by atoms with Crippen LogP contribution in [0.5, 0.6) is 5.75 Å². The molecule has 2 aromatic carbocycles. The average Bonchev–Trinajstić information content (AvgIpc) is 2.61. The van der Waals surface area contributed by atoms with Crippen LogP contribution in [0.4, 0.5) is 13.2 Å². The number of likely N-dealkylation sites (N-methyl/N-ethyl adjacent to an activating group) is 1. The van der Waals surface area contributed by atoms with Gasteiger partial charge in [-0.3, -0.25) is 0 Å². The van der Waals surface area contributed by atoms with Gasteiger partial charge in [-0.25, -0.2) is 13.1 Å². The van der Waals surface area contributed by atoms with Crippen molar-refractivity contribution < 1.29 is 26.3 Å². The molecule has 0 fully saturated rings. The predicted octanol–water partition coefficient (Wildman–Crippen LogP) is 3.30. The summed E-state index contributed by atoms with van der Waals surface area (Å²) < 4.78 is 71.9. The first-order valence-corrected chi connectivity index (χ1v) is 9.51. The van der Waals surface area contributed by atoms with E-state index in [4.69, 9.17) is 4.74 Å². The Labute approximate surface area is 156 Å². The predicted molar refractivity (Wildman–Crippen MR) is 96.1 cm³/mol. The number of nitrogens with zero attached hydrogens (tertiary/aromatic N) is 1. The highest BCUT2D eigenvalue weighted by molar-refractivity contribution is 7.89. The maximum absolute atomic E-state index is 13.1. The minimum Gasteiger partial charge on any atom is -0.497 e. The fourth-order valence-electron chi connectivity index (χ4n) is 2.65. The van der Waals surface area contributed by atoms with E-state index < -0.39 is 32.7 Å². The van der Waals surface area contributed by atoms with Crippen molar-refractivity contribution in [3.63, 3.8) is 0 Å². The van der Waals surface area contributed by atoms with Crippen molar-refractivity contribution in [3.8, 4) is 5.75 Å². The molecule has 1 atom stereocenters. The van der Waals surface area contributed by atoms with Gasteiger partial charge in [-0.1, -0.05) is 24.3 Å². The molecule has 0 aromatic heterocycles. The first kappa shape index (κ1) is 21.2. The molecule has 0 aliphatic rings. The lowest BCUT2D eigenvalue weighted by Gasteiger charge is -2.25. The fraction of sp³-hybridized carbons (Fsp3) is 0.333. The maximum Gasteiger partial charge on any atom is 0.417 e. The first-order valence-electron chi connectivity index (χ1n) is 8.02. The van der Waals surface area contributed by atoms with Gasteiger partial charge in [0.1, 0.15) is 5.75 Å². The number of methoxy groups -OCH3 is 1. The molecule has 0 heterocycles. The average molecular weight is 402 g/mol. The van der Waals surface area contributed by atoms with Crippen LogP contribution in [0.1, 0.15) is 17.2 Å². The summed E-state index contributed by atoms with van der Waals surface area (Å²) in [6, 6.07) is 10.8. The third-order valence-corrected chi connectivity index (χ3v) is 5.53. The Morgan fingerprint density at radius 1 is 1.11 bits per heavy atom. The minimum atomic E-state index is -4.76. The van der Waals surface area contributed by atoms with Gasteiger partial charge in [-0.05, 0) is 43.9 Å². The van der Waals surface area contributed by atoms with E-state index in [1.54, 1.807) is 43.3 Å². The molecule has 2 aromatic rings. The van der Waals surface area contributed by atoms with Crippen LogP contribution in [0.25, 0.3) is 0 Å². The summed E-state index contributed by atoms with van der Waals surface area (Å²) in [5.41, 5.74) is -0.425. The molecule has 0 saturated heterocycles. The van der Waals surface area contributed by atoms with E-state index in [1.165, 1.54) is 13.2 Å². The minimum absolute atomic E-state index is 0.102. The van der Waals surface area contributed by atoms with Crippen LogP contribution in [0.15, 0.2) is 53.4 Å². The molecule has 2 rings (SSSR count).